The first-order valence-electron chi connectivity index (χ1n) is 27.2. The van der Waals surface area contributed by atoms with Crippen LogP contribution in [0.1, 0.15) is 47.8 Å². The maximum atomic E-state index is 16.0. The molecule has 15 aromatic carbocycles. The highest BCUT2D eigenvalue weighted by molar-refractivity contribution is 6.26. The molecule has 6 N–H and O–H groups in total. The van der Waals surface area contributed by atoms with Crippen LogP contribution < -0.4 is 31.9 Å². The van der Waals surface area contributed by atoms with Crippen LogP contribution in [-0.4, -0.2) is 17.7 Å². The van der Waals surface area contributed by atoms with Gasteiger partial charge in [-0.3, -0.25) is 14.4 Å². The van der Waals surface area contributed by atoms with Crippen LogP contribution in [0.4, 0.5) is 34.1 Å². The number of rotatable bonds is 6. The third kappa shape index (κ3) is 7.22. The van der Waals surface area contributed by atoms with Gasteiger partial charge in [0.15, 0.2) is 0 Å². The Hall–Kier alpha value is -10.8. The molecule has 6 bridgehead atoms. The average molecular weight is 1050 g/mol. The Balaban J connectivity index is 0.916. The molecular formula is C72H48N6O3. The number of hydrogen-bond acceptors (Lipinski definition) is 6. The highest BCUT2D eigenvalue weighted by atomic mass is 16.2. The third-order valence-electron chi connectivity index (χ3n) is 17.1. The molecular weight excluding hydrogens is 997 g/mol. The molecule has 3 amide bonds. The maximum Gasteiger partial charge on any atom is 0.258 e. The zero-order chi connectivity index (χ0) is 54.4. The lowest BCUT2D eigenvalue weighted by atomic mass is 9.91. The minimum atomic E-state index is -0.404. The molecule has 15 aromatic rings. The molecule has 0 radical (unpaired) electrons. The number of benzene rings is 15. The first-order valence-corrected chi connectivity index (χ1v) is 27.2. The van der Waals surface area contributed by atoms with Crippen molar-refractivity contribution in [2.75, 3.05) is 31.9 Å². The Kier molecular flexibility index (Phi) is 9.93. The van der Waals surface area contributed by atoms with Gasteiger partial charge in [-0.05, 0) is 168 Å². The molecule has 1 heterocycles. The summed E-state index contributed by atoms with van der Waals surface area (Å²) in [4.78, 5) is 52.9. The second-order valence-corrected chi connectivity index (χ2v) is 21.9. The molecule has 1 aliphatic rings. The van der Waals surface area contributed by atoms with Gasteiger partial charge >= 0.3 is 0 Å². The fourth-order valence-corrected chi connectivity index (χ4v) is 13.4. The van der Waals surface area contributed by atoms with Crippen molar-refractivity contribution in [3.05, 3.63) is 252 Å². The quantitative estimate of drug-likeness (QED) is 0.112. The number of carbonyl (C=O) groups is 3. The number of fused-ring (bicyclic) bond motifs is 6. The summed E-state index contributed by atoms with van der Waals surface area (Å²) in [6.07, 6.45) is 0. The molecule has 0 aliphatic carbocycles. The Morgan fingerprint density at radius 3 is 0.765 bits per heavy atom. The molecule has 1 aliphatic heterocycles. The Morgan fingerprint density at radius 2 is 0.494 bits per heavy atom. The first kappa shape index (κ1) is 46.3. The van der Waals surface area contributed by atoms with E-state index in [0.29, 0.717) is 17.1 Å². The van der Waals surface area contributed by atoms with E-state index < -0.39 is 17.7 Å². The van der Waals surface area contributed by atoms with Gasteiger partial charge in [-0.25, -0.2) is 0 Å². The summed E-state index contributed by atoms with van der Waals surface area (Å²) in [5.74, 6) is -1.21. The molecule has 0 unspecified atom stereocenters. The number of nitrogens with two attached hydrogens (primary N) is 3. The van der Waals surface area contributed by atoms with E-state index in [-0.39, 0.29) is 53.4 Å². The molecule has 9 heteroatoms. The zero-order valence-electron chi connectivity index (χ0n) is 43.7. The number of amides is 3. The second-order valence-electron chi connectivity index (χ2n) is 21.9. The number of nitrogens with zero attached hydrogens (tertiary/aromatic N) is 3. The number of carbonyl (C=O) groups excluding carboxylic acids is 3. The van der Waals surface area contributed by atoms with Crippen molar-refractivity contribution < 1.29 is 14.4 Å². The van der Waals surface area contributed by atoms with Crippen molar-refractivity contribution in [1.29, 1.82) is 0 Å². The minimum Gasteiger partial charge on any atom is -0.399 e. The van der Waals surface area contributed by atoms with Crippen molar-refractivity contribution in [2.45, 2.75) is 19.6 Å². The van der Waals surface area contributed by atoms with Crippen LogP contribution >= 0.6 is 0 Å². The van der Waals surface area contributed by atoms with Gasteiger partial charge in [-0.2, -0.15) is 0 Å². The van der Waals surface area contributed by atoms with Gasteiger partial charge in [0.05, 0.1) is 19.6 Å². The summed E-state index contributed by atoms with van der Waals surface area (Å²) in [5.41, 5.74) is 26.2. The molecule has 0 saturated carbocycles. The lowest BCUT2D eigenvalue weighted by Crippen LogP contribution is -2.33. The van der Waals surface area contributed by atoms with E-state index in [9.17, 15) is 0 Å². The van der Waals surface area contributed by atoms with E-state index in [0.717, 1.165) is 114 Å². The minimum absolute atomic E-state index is 0.101. The molecule has 384 valence electrons. The molecule has 9 nitrogen and oxygen atoms in total. The Labute approximate surface area is 464 Å². The van der Waals surface area contributed by atoms with Gasteiger partial charge in [-0.1, -0.05) is 164 Å². The fourth-order valence-electron chi connectivity index (χ4n) is 13.4. The van der Waals surface area contributed by atoms with E-state index in [1.807, 2.05) is 0 Å². The number of nitrogen functional groups attached to an aromatic ring is 3. The van der Waals surface area contributed by atoms with Crippen molar-refractivity contribution in [1.82, 2.24) is 0 Å². The van der Waals surface area contributed by atoms with Crippen LogP contribution in [0.3, 0.4) is 0 Å². The van der Waals surface area contributed by atoms with Crippen LogP contribution in [0.25, 0.3) is 97.0 Å². The molecule has 16 rings (SSSR count). The van der Waals surface area contributed by atoms with Crippen molar-refractivity contribution >= 4 is 149 Å². The largest absolute Gasteiger partial charge is 0.399 e. The SMILES string of the molecule is Nc1cc2cc(c1)N(Cc1ccc3ccc4cccc5ccc1c3c45)C(=O)c1cc(N)cc(c1)N(Cc1ccc3ccc4cccc5ccc1c3c45)C(=O)c1cc(N)cc(c1)N(Cc1ccc3ccc4cccc5ccc1c3c45)C2=O. The fraction of sp³-hybridized carbons (Fsp3) is 0.0417. The van der Waals surface area contributed by atoms with Gasteiger partial charge in [0, 0.05) is 50.8 Å². The molecule has 0 atom stereocenters. The third-order valence-corrected chi connectivity index (χ3v) is 17.1. The standard InChI is InChI=1S/C72H48N6O3/c73-55-29-53-31-58(34-55)76(37-49-19-16-46-13-10-40-4-1-7-43-22-25-61(49)67(46)64(40)43)70(79)52-28-56(74)35-59(32-52)77(38-50-20-17-47-14-11-41-5-2-8-44-23-26-62(50)68(47)65(41)44)72(81)54-30-57(75)36-60(33-54)78(71(53)80)39-51-21-18-48-15-12-42-6-3-9-45-24-27-63(51)69(48)66(42)45/h1-36H,37-39,73-75H2. The predicted molar refractivity (Wildman–Crippen MR) is 335 cm³/mol. The summed E-state index contributed by atoms with van der Waals surface area (Å²) in [5, 5.41) is 19.8. The van der Waals surface area contributed by atoms with Gasteiger partial charge in [0.1, 0.15) is 0 Å². The summed E-state index contributed by atoms with van der Waals surface area (Å²) in [6.45, 7) is 0.302. The highest BCUT2D eigenvalue weighted by Crippen LogP contribution is 2.42. The normalized spacial score (nSPS) is 13.5. The number of hydrogen-bond donors (Lipinski definition) is 3. The highest BCUT2D eigenvalue weighted by Gasteiger charge is 2.30. The zero-order valence-corrected chi connectivity index (χ0v) is 43.7. The van der Waals surface area contributed by atoms with E-state index in [1.54, 1.807) is 69.3 Å². The Bertz CT molecular complexity index is 4620. The summed E-state index contributed by atoms with van der Waals surface area (Å²) in [6, 6.07) is 72.5. The summed E-state index contributed by atoms with van der Waals surface area (Å²) >= 11 is 0. The molecule has 81 heavy (non-hydrogen) atoms. The van der Waals surface area contributed by atoms with Gasteiger partial charge < -0.3 is 31.9 Å². The second kappa shape index (κ2) is 17.4. The average Bonchev–Trinajstić information content (AvgIpc) is 3.51. The van der Waals surface area contributed by atoms with Crippen LogP contribution in [0.5, 0.6) is 0 Å². The first-order chi connectivity index (χ1) is 39.6. The summed E-state index contributed by atoms with van der Waals surface area (Å²) in [7, 11) is 0. The molecule has 0 saturated heterocycles. The van der Waals surface area contributed by atoms with Crippen LogP contribution in [0.15, 0.2) is 218 Å². The molecule has 0 spiro atoms. The Morgan fingerprint density at radius 1 is 0.259 bits per heavy atom. The smallest absolute Gasteiger partial charge is 0.258 e. The lowest BCUT2D eigenvalue weighted by Gasteiger charge is -2.27. The van der Waals surface area contributed by atoms with E-state index in [4.69, 9.17) is 17.2 Å². The van der Waals surface area contributed by atoms with Gasteiger partial charge in [-0.15, -0.1) is 0 Å². The van der Waals surface area contributed by atoms with Crippen molar-refractivity contribution in [2.24, 2.45) is 0 Å². The van der Waals surface area contributed by atoms with Crippen LogP contribution in [0, 0.1) is 0 Å². The van der Waals surface area contributed by atoms with Crippen molar-refractivity contribution in [3.63, 3.8) is 0 Å². The molecule has 0 aromatic heterocycles. The van der Waals surface area contributed by atoms with Crippen LogP contribution in [0.2, 0.25) is 0 Å². The van der Waals surface area contributed by atoms with Gasteiger partial charge in [0.2, 0.25) is 0 Å². The monoisotopic (exact) mass is 1040 g/mol. The van der Waals surface area contributed by atoms with E-state index in [1.165, 1.54) is 0 Å². The maximum absolute atomic E-state index is 16.0. The number of anilines is 6. The van der Waals surface area contributed by atoms with Gasteiger partial charge in [0.25, 0.3) is 17.7 Å². The van der Waals surface area contributed by atoms with E-state index >= 15 is 14.4 Å². The predicted octanol–water partition coefficient (Wildman–Crippen LogP) is 16.0. The lowest BCUT2D eigenvalue weighted by molar-refractivity contribution is 0.0974. The topological polar surface area (TPSA) is 139 Å². The van der Waals surface area contributed by atoms with E-state index in [2.05, 4.69) is 164 Å². The van der Waals surface area contributed by atoms with Crippen LogP contribution in [-0.2, 0) is 19.6 Å². The molecule has 0 fully saturated rings. The van der Waals surface area contributed by atoms with Crippen molar-refractivity contribution in [3.8, 4) is 0 Å². The summed E-state index contributed by atoms with van der Waals surface area (Å²) < 4.78 is 0.